The molecule has 7 nitrogen and oxygen atoms in total. The lowest BCUT2D eigenvalue weighted by atomic mass is 10.1. The molecule has 0 unspecified atom stereocenters. The van der Waals surface area contributed by atoms with Gasteiger partial charge in [-0.2, -0.15) is 0 Å². The lowest BCUT2D eigenvalue weighted by molar-refractivity contribution is -0.114. The molecule has 1 heterocycles. The van der Waals surface area contributed by atoms with Crippen molar-refractivity contribution in [3.63, 3.8) is 0 Å². The van der Waals surface area contributed by atoms with Gasteiger partial charge in [-0.25, -0.2) is 0 Å². The van der Waals surface area contributed by atoms with Crippen molar-refractivity contribution in [3.8, 4) is 11.5 Å². The topological polar surface area (TPSA) is 88.7 Å². The molecule has 8 heteroatoms. The van der Waals surface area contributed by atoms with Gasteiger partial charge in [0, 0.05) is 25.1 Å². The number of methoxy groups -OCH3 is 2. The van der Waals surface area contributed by atoms with Crippen LogP contribution in [0.2, 0.25) is 0 Å². The van der Waals surface area contributed by atoms with Gasteiger partial charge in [-0.15, -0.1) is 12.4 Å². The van der Waals surface area contributed by atoms with E-state index in [9.17, 15) is 9.59 Å². The summed E-state index contributed by atoms with van der Waals surface area (Å²) in [5, 5.41) is 8.91. The molecule has 1 aromatic carbocycles. The molecular formula is C16H24ClN3O4. The van der Waals surface area contributed by atoms with Crippen LogP contribution < -0.4 is 25.4 Å². The molecule has 0 aliphatic carbocycles. The summed E-state index contributed by atoms with van der Waals surface area (Å²) in [4.78, 5) is 23.8. The molecule has 1 atom stereocenters. The van der Waals surface area contributed by atoms with E-state index in [0.29, 0.717) is 22.7 Å². The Hall–Kier alpha value is -1.99. The minimum absolute atomic E-state index is 0. The van der Waals surface area contributed by atoms with Crippen molar-refractivity contribution in [2.45, 2.75) is 25.8 Å². The number of halogens is 1. The van der Waals surface area contributed by atoms with E-state index in [-0.39, 0.29) is 30.3 Å². The Morgan fingerprint density at radius 3 is 2.54 bits per heavy atom. The molecule has 2 rings (SSSR count). The number of nitrogens with one attached hydrogen (secondary N) is 3. The summed E-state index contributed by atoms with van der Waals surface area (Å²) >= 11 is 0. The first-order valence-electron chi connectivity index (χ1n) is 7.60. The zero-order valence-corrected chi connectivity index (χ0v) is 14.9. The van der Waals surface area contributed by atoms with Crippen molar-refractivity contribution in [1.82, 2.24) is 10.6 Å². The van der Waals surface area contributed by atoms with Crippen molar-refractivity contribution in [3.05, 3.63) is 17.7 Å². The van der Waals surface area contributed by atoms with Crippen molar-refractivity contribution >= 4 is 29.9 Å². The number of rotatable bonds is 5. The summed E-state index contributed by atoms with van der Waals surface area (Å²) in [6, 6.07) is 3.30. The average Bonchev–Trinajstić information content (AvgIpc) is 2.54. The van der Waals surface area contributed by atoms with Gasteiger partial charge >= 0.3 is 0 Å². The van der Waals surface area contributed by atoms with Crippen molar-refractivity contribution in [2.24, 2.45) is 0 Å². The van der Waals surface area contributed by atoms with Crippen LogP contribution in [0.3, 0.4) is 0 Å². The summed E-state index contributed by atoms with van der Waals surface area (Å²) in [6.45, 7) is 3.14. The highest BCUT2D eigenvalue weighted by Crippen LogP contribution is 2.36. The van der Waals surface area contributed by atoms with Crippen LogP contribution in [-0.4, -0.2) is 45.2 Å². The molecule has 0 aromatic heterocycles. The van der Waals surface area contributed by atoms with E-state index in [1.807, 2.05) is 0 Å². The van der Waals surface area contributed by atoms with Gasteiger partial charge in [-0.1, -0.05) is 0 Å². The molecule has 1 aliphatic rings. The molecule has 134 valence electrons. The minimum atomic E-state index is -0.251. The number of carbonyl (C=O) groups excluding carboxylic acids is 2. The summed E-state index contributed by atoms with van der Waals surface area (Å²) in [7, 11) is 2.97. The molecule has 3 N–H and O–H groups in total. The van der Waals surface area contributed by atoms with Crippen LogP contribution in [0.1, 0.15) is 30.1 Å². The predicted octanol–water partition coefficient (Wildman–Crippen LogP) is 1.57. The van der Waals surface area contributed by atoms with Gasteiger partial charge in [0.1, 0.15) is 0 Å². The Kier molecular flexibility index (Phi) is 7.81. The van der Waals surface area contributed by atoms with E-state index >= 15 is 0 Å². The van der Waals surface area contributed by atoms with Gasteiger partial charge in [0.25, 0.3) is 5.91 Å². The standard InChI is InChI=1S/C16H23N3O4.ClH/c1-10(20)18-13-7-11(8-14(22-2)15(13)23-3)16(21)19-12-5-4-6-17-9-12;/h7-8,12,17H,4-6,9H2,1-3H3,(H,18,20)(H,19,21);1H/t12-;/m0./s1. The van der Waals surface area contributed by atoms with E-state index in [2.05, 4.69) is 16.0 Å². The molecule has 2 amide bonds. The second-order valence-corrected chi connectivity index (χ2v) is 5.46. The maximum atomic E-state index is 12.5. The quantitative estimate of drug-likeness (QED) is 0.744. The van der Waals surface area contributed by atoms with Crippen molar-refractivity contribution < 1.29 is 19.1 Å². The fraction of sp³-hybridized carbons (Fsp3) is 0.500. The fourth-order valence-corrected chi connectivity index (χ4v) is 2.62. The second kappa shape index (κ2) is 9.34. The molecule has 0 bridgehead atoms. The largest absolute Gasteiger partial charge is 0.493 e. The van der Waals surface area contributed by atoms with Gasteiger partial charge in [0.2, 0.25) is 5.91 Å². The van der Waals surface area contributed by atoms with E-state index in [4.69, 9.17) is 9.47 Å². The van der Waals surface area contributed by atoms with Crippen LogP contribution in [0.25, 0.3) is 0 Å². The van der Waals surface area contributed by atoms with Gasteiger partial charge in [0.15, 0.2) is 11.5 Å². The third kappa shape index (κ3) is 5.01. The summed E-state index contributed by atoms with van der Waals surface area (Å²) in [5.41, 5.74) is 0.822. The number of anilines is 1. The van der Waals surface area contributed by atoms with Gasteiger partial charge in [0.05, 0.1) is 19.9 Å². The highest BCUT2D eigenvalue weighted by atomic mass is 35.5. The van der Waals surface area contributed by atoms with Crippen LogP contribution in [0.5, 0.6) is 11.5 Å². The maximum absolute atomic E-state index is 12.5. The Morgan fingerprint density at radius 2 is 2.00 bits per heavy atom. The lowest BCUT2D eigenvalue weighted by Gasteiger charge is -2.24. The van der Waals surface area contributed by atoms with E-state index in [1.54, 1.807) is 12.1 Å². The summed E-state index contributed by atoms with van der Waals surface area (Å²) in [5.74, 6) is 0.329. The molecule has 1 aromatic rings. The third-order valence-electron chi connectivity index (χ3n) is 3.68. The highest BCUT2D eigenvalue weighted by Gasteiger charge is 2.20. The monoisotopic (exact) mass is 357 g/mol. The Balaban J connectivity index is 0.00000288. The number of hydrogen-bond acceptors (Lipinski definition) is 5. The number of amides is 2. The minimum Gasteiger partial charge on any atom is -0.493 e. The first-order valence-corrected chi connectivity index (χ1v) is 7.60. The maximum Gasteiger partial charge on any atom is 0.251 e. The van der Waals surface area contributed by atoms with Crippen LogP contribution >= 0.6 is 12.4 Å². The van der Waals surface area contributed by atoms with E-state index < -0.39 is 0 Å². The number of benzene rings is 1. The van der Waals surface area contributed by atoms with Gasteiger partial charge < -0.3 is 25.4 Å². The normalized spacial score (nSPS) is 16.5. The highest BCUT2D eigenvalue weighted by molar-refractivity contribution is 5.99. The Labute approximate surface area is 147 Å². The van der Waals surface area contributed by atoms with Crippen molar-refractivity contribution in [1.29, 1.82) is 0 Å². The first kappa shape index (κ1) is 20.1. The predicted molar refractivity (Wildman–Crippen MR) is 94.5 cm³/mol. The molecule has 0 spiro atoms. The van der Waals surface area contributed by atoms with Crippen LogP contribution in [0.4, 0.5) is 5.69 Å². The molecule has 0 saturated carbocycles. The molecule has 0 radical (unpaired) electrons. The molecule has 24 heavy (non-hydrogen) atoms. The smallest absolute Gasteiger partial charge is 0.251 e. The lowest BCUT2D eigenvalue weighted by Crippen LogP contribution is -2.45. The zero-order valence-electron chi connectivity index (χ0n) is 14.1. The third-order valence-corrected chi connectivity index (χ3v) is 3.68. The first-order chi connectivity index (χ1) is 11.0. The molecule has 1 aliphatic heterocycles. The fourth-order valence-electron chi connectivity index (χ4n) is 2.62. The number of hydrogen-bond donors (Lipinski definition) is 3. The Morgan fingerprint density at radius 1 is 1.25 bits per heavy atom. The van der Waals surface area contributed by atoms with Crippen LogP contribution in [0.15, 0.2) is 12.1 Å². The van der Waals surface area contributed by atoms with Crippen LogP contribution in [-0.2, 0) is 4.79 Å². The zero-order chi connectivity index (χ0) is 16.8. The second-order valence-electron chi connectivity index (χ2n) is 5.46. The van der Waals surface area contributed by atoms with E-state index in [1.165, 1.54) is 21.1 Å². The van der Waals surface area contributed by atoms with E-state index in [0.717, 1.165) is 25.9 Å². The van der Waals surface area contributed by atoms with Crippen LogP contribution in [0, 0.1) is 0 Å². The molecule has 1 fully saturated rings. The summed E-state index contributed by atoms with van der Waals surface area (Å²) < 4.78 is 10.5. The SMILES string of the molecule is COc1cc(C(=O)N[C@H]2CCCNC2)cc(NC(C)=O)c1OC.Cl. The van der Waals surface area contributed by atoms with Gasteiger partial charge in [-0.05, 0) is 31.5 Å². The number of piperidine rings is 1. The number of carbonyl (C=O) groups is 2. The van der Waals surface area contributed by atoms with Gasteiger partial charge in [-0.3, -0.25) is 9.59 Å². The molecule has 1 saturated heterocycles. The number of ether oxygens (including phenoxy) is 2. The Bertz CT molecular complexity index is 589. The van der Waals surface area contributed by atoms with Crippen molar-refractivity contribution in [2.75, 3.05) is 32.6 Å². The molecular weight excluding hydrogens is 334 g/mol. The average molecular weight is 358 g/mol. The summed E-state index contributed by atoms with van der Waals surface area (Å²) in [6.07, 6.45) is 1.98.